The van der Waals surface area contributed by atoms with Crippen molar-refractivity contribution in [1.29, 1.82) is 0 Å². The van der Waals surface area contributed by atoms with E-state index in [4.69, 9.17) is 0 Å². The number of aryl methyl sites for hydroxylation is 1. The number of aromatic nitrogens is 6. The van der Waals surface area contributed by atoms with Crippen LogP contribution in [0.3, 0.4) is 0 Å². The van der Waals surface area contributed by atoms with Gasteiger partial charge in [-0.15, -0.1) is 5.10 Å². The van der Waals surface area contributed by atoms with E-state index in [1.807, 2.05) is 25.1 Å². The minimum absolute atomic E-state index is 0.253. The first-order valence-electron chi connectivity index (χ1n) is 8.72. The zero-order chi connectivity index (χ0) is 18.6. The summed E-state index contributed by atoms with van der Waals surface area (Å²) in [7, 11) is 0. The molecular formula is C19H18FN7. The van der Waals surface area contributed by atoms with Crippen LogP contribution in [0.4, 0.5) is 10.2 Å². The third-order valence-electron chi connectivity index (χ3n) is 4.17. The third-order valence-corrected chi connectivity index (χ3v) is 4.17. The summed E-state index contributed by atoms with van der Waals surface area (Å²) in [6, 6.07) is 12.4. The second-order valence-corrected chi connectivity index (χ2v) is 6.03. The Kier molecular flexibility index (Phi) is 4.69. The Hall–Kier alpha value is -3.42. The molecule has 3 heterocycles. The molecule has 0 amide bonds. The largest absolute Gasteiger partial charge is 0.362 e. The number of hydrogen-bond donors (Lipinski definition) is 1. The van der Waals surface area contributed by atoms with Gasteiger partial charge in [-0.1, -0.05) is 36.4 Å². The summed E-state index contributed by atoms with van der Waals surface area (Å²) in [5.74, 6) is 0.991. The molecule has 0 bridgehead atoms. The highest BCUT2D eigenvalue weighted by Crippen LogP contribution is 2.20. The molecule has 0 saturated carbocycles. The fraction of sp³-hybridized carbons (Fsp3) is 0.211. The minimum Gasteiger partial charge on any atom is -0.362 e. The average molecular weight is 363 g/mol. The Labute approximate surface area is 155 Å². The highest BCUT2D eigenvalue weighted by molar-refractivity contribution is 5.82. The number of anilines is 1. The average Bonchev–Trinajstić information content (AvgIpc) is 3.11. The Morgan fingerprint density at radius 1 is 1.07 bits per heavy atom. The normalized spacial score (nSPS) is 11.0. The van der Waals surface area contributed by atoms with Crippen LogP contribution < -0.4 is 5.32 Å². The van der Waals surface area contributed by atoms with E-state index < -0.39 is 0 Å². The molecule has 0 saturated heterocycles. The molecular weight excluding hydrogens is 345 g/mol. The molecule has 0 spiro atoms. The highest BCUT2D eigenvalue weighted by Gasteiger charge is 2.15. The van der Waals surface area contributed by atoms with Crippen molar-refractivity contribution in [2.75, 3.05) is 5.32 Å². The van der Waals surface area contributed by atoms with Crippen molar-refractivity contribution < 1.29 is 4.39 Å². The van der Waals surface area contributed by atoms with Crippen LogP contribution >= 0.6 is 0 Å². The van der Waals surface area contributed by atoms with Gasteiger partial charge in [0.25, 0.3) is 0 Å². The van der Waals surface area contributed by atoms with Crippen LogP contribution in [-0.4, -0.2) is 29.9 Å². The lowest BCUT2D eigenvalue weighted by Gasteiger charge is -2.08. The van der Waals surface area contributed by atoms with E-state index in [9.17, 15) is 4.39 Å². The van der Waals surface area contributed by atoms with Crippen molar-refractivity contribution in [2.45, 2.75) is 26.4 Å². The summed E-state index contributed by atoms with van der Waals surface area (Å²) >= 11 is 0. The summed E-state index contributed by atoms with van der Waals surface area (Å²) in [5.41, 5.74) is 2.55. The lowest BCUT2D eigenvalue weighted by molar-refractivity contribution is 0.581. The lowest BCUT2D eigenvalue weighted by Crippen LogP contribution is -2.08. The van der Waals surface area contributed by atoms with Gasteiger partial charge < -0.3 is 5.32 Å². The summed E-state index contributed by atoms with van der Waals surface area (Å²) in [5, 5.41) is 11.6. The molecule has 0 aliphatic heterocycles. The van der Waals surface area contributed by atoms with Crippen LogP contribution in [0, 0.1) is 5.82 Å². The standard InChI is InChI=1S/C19H18FN7/c1-2-16-23-18(22-11-14-8-5-6-10-21-14)17-19(24-16)27(26-25-17)12-13-7-3-4-9-15(13)20/h3-10H,2,11-12H2,1H3,(H,22,23,24). The Balaban J connectivity index is 1.68. The maximum absolute atomic E-state index is 14.0. The second kappa shape index (κ2) is 7.45. The molecule has 136 valence electrons. The molecule has 3 aromatic heterocycles. The first-order chi connectivity index (χ1) is 13.2. The molecule has 8 heteroatoms. The number of nitrogens with zero attached hydrogens (tertiary/aromatic N) is 6. The summed E-state index contributed by atoms with van der Waals surface area (Å²) in [6.07, 6.45) is 2.41. The molecule has 0 aliphatic carbocycles. The number of halogens is 1. The van der Waals surface area contributed by atoms with Crippen LogP contribution in [0.5, 0.6) is 0 Å². The van der Waals surface area contributed by atoms with Gasteiger partial charge in [-0.2, -0.15) is 0 Å². The maximum Gasteiger partial charge on any atom is 0.184 e. The molecule has 0 unspecified atom stereocenters. The van der Waals surface area contributed by atoms with Crippen LogP contribution in [0.1, 0.15) is 24.0 Å². The first kappa shape index (κ1) is 17.0. The van der Waals surface area contributed by atoms with Gasteiger partial charge in [-0.3, -0.25) is 4.98 Å². The van der Waals surface area contributed by atoms with E-state index in [2.05, 4.69) is 30.6 Å². The number of nitrogens with one attached hydrogen (secondary N) is 1. The summed E-state index contributed by atoms with van der Waals surface area (Å²) in [4.78, 5) is 13.4. The molecule has 1 N–H and O–H groups in total. The molecule has 0 aliphatic rings. The zero-order valence-electron chi connectivity index (χ0n) is 14.8. The molecule has 4 rings (SSSR count). The first-order valence-corrected chi connectivity index (χ1v) is 8.72. The van der Waals surface area contributed by atoms with E-state index in [1.165, 1.54) is 6.07 Å². The van der Waals surface area contributed by atoms with Crippen molar-refractivity contribution in [3.8, 4) is 0 Å². The van der Waals surface area contributed by atoms with Crippen LogP contribution in [0.25, 0.3) is 11.2 Å². The summed E-state index contributed by atoms with van der Waals surface area (Å²) < 4.78 is 15.6. The summed E-state index contributed by atoms with van der Waals surface area (Å²) in [6.45, 7) is 2.74. The van der Waals surface area contributed by atoms with Crippen LogP contribution in [0.15, 0.2) is 48.7 Å². The number of pyridine rings is 1. The number of fused-ring (bicyclic) bond motifs is 1. The Morgan fingerprint density at radius 2 is 1.93 bits per heavy atom. The number of hydrogen-bond acceptors (Lipinski definition) is 6. The topological polar surface area (TPSA) is 81.4 Å². The molecule has 1 aromatic carbocycles. The molecule has 27 heavy (non-hydrogen) atoms. The fourth-order valence-corrected chi connectivity index (χ4v) is 2.75. The van der Waals surface area contributed by atoms with Gasteiger partial charge in [0.05, 0.1) is 18.8 Å². The highest BCUT2D eigenvalue weighted by atomic mass is 19.1. The fourth-order valence-electron chi connectivity index (χ4n) is 2.75. The smallest absolute Gasteiger partial charge is 0.184 e. The number of rotatable bonds is 6. The van der Waals surface area contributed by atoms with Crippen molar-refractivity contribution in [2.24, 2.45) is 0 Å². The molecule has 0 fully saturated rings. The molecule has 7 nitrogen and oxygen atoms in total. The van der Waals surface area contributed by atoms with Gasteiger partial charge >= 0.3 is 0 Å². The molecule has 0 atom stereocenters. The van der Waals surface area contributed by atoms with Gasteiger partial charge in [0.1, 0.15) is 11.6 Å². The Bertz CT molecular complexity index is 1060. The van der Waals surface area contributed by atoms with Gasteiger partial charge in [0.15, 0.2) is 17.0 Å². The quantitative estimate of drug-likeness (QED) is 0.567. The van der Waals surface area contributed by atoms with Gasteiger partial charge in [-0.05, 0) is 18.2 Å². The van der Waals surface area contributed by atoms with E-state index in [-0.39, 0.29) is 12.4 Å². The van der Waals surface area contributed by atoms with E-state index in [0.717, 1.165) is 5.69 Å². The van der Waals surface area contributed by atoms with Crippen LogP contribution in [0.2, 0.25) is 0 Å². The van der Waals surface area contributed by atoms with Crippen molar-refractivity contribution in [3.05, 3.63) is 71.6 Å². The monoisotopic (exact) mass is 363 g/mol. The van der Waals surface area contributed by atoms with E-state index >= 15 is 0 Å². The Morgan fingerprint density at radius 3 is 2.70 bits per heavy atom. The van der Waals surface area contributed by atoms with Crippen molar-refractivity contribution in [3.63, 3.8) is 0 Å². The van der Waals surface area contributed by atoms with E-state index in [1.54, 1.807) is 29.1 Å². The SMILES string of the molecule is CCc1nc(NCc2ccccn2)c2nnn(Cc3ccccc3F)c2n1. The van der Waals surface area contributed by atoms with E-state index in [0.29, 0.717) is 41.3 Å². The zero-order valence-corrected chi connectivity index (χ0v) is 14.8. The third kappa shape index (κ3) is 3.59. The van der Waals surface area contributed by atoms with Gasteiger partial charge in [0.2, 0.25) is 0 Å². The van der Waals surface area contributed by atoms with Crippen LogP contribution in [-0.2, 0) is 19.5 Å². The maximum atomic E-state index is 14.0. The molecule has 0 radical (unpaired) electrons. The van der Waals surface area contributed by atoms with Crippen molar-refractivity contribution in [1.82, 2.24) is 29.9 Å². The van der Waals surface area contributed by atoms with Gasteiger partial charge in [-0.25, -0.2) is 19.0 Å². The molecule has 4 aromatic rings. The second-order valence-electron chi connectivity index (χ2n) is 6.03. The number of benzene rings is 1. The van der Waals surface area contributed by atoms with Crippen molar-refractivity contribution >= 4 is 17.0 Å². The predicted octanol–water partition coefficient (Wildman–Crippen LogP) is 2.98. The predicted molar refractivity (Wildman–Crippen MR) is 99.6 cm³/mol. The lowest BCUT2D eigenvalue weighted by atomic mass is 10.2. The van der Waals surface area contributed by atoms with Gasteiger partial charge in [0, 0.05) is 18.2 Å². The minimum atomic E-state index is -0.278.